The van der Waals surface area contributed by atoms with Crippen molar-refractivity contribution >= 4 is 0 Å². The highest BCUT2D eigenvalue weighted by molar-refractivity contribution is 5.76. The third-order valence-corrected chi connectivity index (χ3v) is 4.24. The molecule has 0 aliphatic rings. The topological polar surface area (TPSA) is 61.3 Å². The molecule has 4 N–H and O–H groups in total. The van der Waals surface area contributed by atoms with Gasteiger partial charge in [0.25, 0.3) is 0 Å². The van der Waals surface area contributed by atoms with Gasteiger partial charge in [-0.1, -0.05) is 54.6 Å². The summed E-state index contributed by atoms with van der Waals surface area (Å²) in [5, 5.41) is 0. The first-order valence-corrected chi connectivity index (χ1v) is 8.02. The van der Waals surface area contributed by atoms with Gasteiger partial charge >= 0.3 is 0 Å². The van der Waals surface area contributed by atoms with Gasteiger partial charge in [0.1, 0.15) is 5.75 Å². The number of rotatable bonds is 5. The summed E-state index contributed by atoms with van der Waals surface area (Å²) in [5.74, 6) is 0.862. The lowest BCUT2D eigenvalue weighted by Crippen LogP contribution is -2.00. The highest BCUT2D eigenvalue weighted by Crippen LogP contribution is 2.33. The number of methoxy groups -OCH3 is 1. The Balaban J connectivity index is 2.04. The number of hydrogen-bond donors (Lipinski definition) is 2. The maximum Gasteiger partial charge on any atom is 0.126 e. The molecular weight excluding hydrogens is 296 g/mol. The van der Waals surface area contributed by atoms with Crippen LogP contribution < -0.4 is 16.2 Å². The van der Waals surface area contributed by atoms with Crippen molar-refractivity contribution in [2.45, 2.75) is 13.1 Å². The normalized spacial score (nSPS) is 10.6. The summed E-state index contributed by atoms with van der Waals surface area (Å²) < 4.78 is 5.47. The maximum absolute atomic E-state index is 6.01. The van der Waals surface area contributed by atoms with Crippen molar-refractivity contribution in [1.29, 1.82) is 0 Å². The lowest BCUT2D eigenvalue weighted by molar-refractivity contribution is 0.416. The third kappa shape index (κ3) is 3.18. The summed E-state index contributed by atoms with van der Waals surface area (Å²) in [6.45, 7) is 1.04. The Labute approximate surface area is 142 Å². The summed E-state index contributed by atoms with van der Waals surface area (Å²) in [6.07, 6.45) is 0. The molecule has 3 nitrogen and oxygen atoms in total. The molecule has 3 heteroatoms. The number of hydrogen-bond acceptors (Lipinski definition) is 3. The molecule has 0 saturated heterocycles. The van der Waals surface area contributed by atoms with E-state index in [0.29, 0.717) is 13.1 Å². The second-order valence-corrected chi connectivity index (χ2v) is 5.68. The molecule has 0 bridgehead atoms. The molecule has 3 aromatic carbocycles. The Hall–Kier alpha value is -2.62. The van der Waals surface area contributed by atoms with Crippen molar-refractivity contribution in [1.82, 2.24) is 0 Å². The first-order chi connectivity index (χ1) is 11.8. The fourth-order valence-corrected chi connectivity index (χ4v) is 2.92. The van der Waals surface area contributed by atoms with E-state index in [2.05, 4.69) is 48.5 Å². The van der Waals surface area contributed by atoms with Crippen LogP contribution in [-0.2, 0) is 13.1 Å². The monoisotopic (exact) mass is 318 g/mol. The minimum atomic E-state index is 0.483. The molecular formula is C21H22N2O. The second-order valence-electron chi connectivity index (χ2n) is 5.68. The van der Waals surface area contributed by atoms with E-state index in [1.54, 1.807) is 7.11 Å². The standard InChI is InChI=1S/C21H22N2O/c1-24-21-5-3-2-4-20(21)17-10-11-19(18(12-17)14-23)16-8-6-15(13-22)7-9-16/h2-12H,13-14,22-23H2,1H3. The third-order valence-electron chi connectivity index (χ3n) is 4.24. The SMILES string of the molecule is COc1ccccc1-c1ccc(-c2ccc(CN)cc2)c(CN)c1. The van der Waals surface area contributed by atoms with Gasteiger partial charge in [-0.25, -0.2) is 0 Å². The maximum atomic E-state index is 6.01. The molecule has 24 heavy (non-hydrogen) atoms. The van der Waals surface area contributed by atoms with Crippen molar-refractivity contribution < 1.29 is 4.74 Å². The molecule has 0 aliphatic heterocycles. The smallest absolute Gasteiger partial charge is 0.126 e. The van der Waals surface area contributed by atoms with Crippen LogP contribution in [0.4, 0.5) is 0 Å². The summed E-state index contributed by atoms with van der Waals surface area (Å²) in [4.78, 5) is 0. The van der Waals surface area contributed by atoms with Crippen LogP contribution in [0.2, 0.25) is 0 Å². The Morgan fingerprint density at radius 3 is 2.12 bits per heavy atom. The molecule has 3 aromatic rings. The van der Waals surface area contributed by atoms with E-state index in [0.717, 1.165) is 39.1 Å². The molecule has 0 aromatic heterocycles. The largest absolute Gasteiger partial charge is 0.496 e. The van der Waals surface area contributed by atoms with Crippen LogP contribution in [-0.4, -0.2) is 7.11 Å². The van der Waals surface area contributed by atoms with Gasteiger partial charge in [0.05, 0.1) is 7.11 Å². The van der Waals surface area contributed by atoms with E-state index in [1.807, 2.05) is 18.2 Å². The number of para-hydroxylation sites is 1. The summed E-state index contributed by atoms with van der Waals surface area (Å²) in [6, 6.07) is 22.7. The van der Waals surface area contributed by atoms with Crippen LogP contribution in [0, 0.1) is 0 Å². The van der Waals surface area contributed by atoms with E-state index in [-0.39, 0.29) is 0 Å². The van der Waals surface area contributed by atoms with Gasteiger partial charge in [0, 0.05) is 18.7 Å². The Kier molecular flexibility index (Phi) is 4.94. The molecule has 0 atom stereocenters. The quantitative estimate of drug-likeness (QED) is 0.749. The molecule has 0 unspecified atom stereocenters. The number of benzene rings is 3. The minimum Gasteiger partial charge on any atom is -0.496 e. The Morgan fingerprint density at radius 1 is 0.750 bits per heavy atom. The van der Waals surface area contributed by atoms with Crippen molar-refractivity contribution in [2.24, 2.45) is 11.5 Å². The fraction of sp³-hybridized carbons (Fsp3) is 0.143. The van der Waals surface area contributed by atoms with Crippen molar-refractivity contribution in [3.63, 3.8) is 0 Å². The fourth-order valence-electron chi connectivity index (χ4n) is 2.92. The zero-order valence-corrected chi connectivity index (χ0v) is 13.8. The van der Waals surface area contributed by atoms with Crippen LogP contribution in [0.15, 0.2) is 66.7 Å². The first kappa shape index (κ1) is 16.2. The van der Waals surface area contributed by atoms with Gasteiger partial charge in [-0.2, -0.15) is 0 Å². The predicted molar refractivity (Wildman–Crippen MR) is 99.6 cm³/mol. The summed E-state index contributed by atoms with van der Waals surface area (Å²) in [5.41, 5.74) is 18.4. The van der Waals surface area contributed by atoms with Gasteiger partial charge in [0.2, 0.25) is 0 Å². The molecule has 0 saturated carbocycles. The van der Waals surface area contributed by atoms with Crippen molar-refractivity contribution in [3.05, 3.63) is 77.9 Å². The van der Waals surface area contributed by atoms with Gasteiger partial charge < -0.3 is 16.2 Å². The van der Waals surface area contributed by atoms with E-state index >= 15 is 0 Å². The lowest BCUT2D eigenvalue weighted by Gasteiger charge is -2.13. The van der Waals surface area contributed by atoms with Crippen LogP contribution in [0.5, 0.6) is 5.75 Å². The van der Waals surface area contributed by atoms with E-state index < -0.39 is 0 Å². The van der Waals surface area contributed by atoms with E-state index in [9.17, 15) is 0 Å². The molecule has 0 radical (unpaired) electrons. The minimum absolute atomic E-state index is 0.483. The molecule has 122 valence electrons. The predicted octanol–water partition coefficient (Wildman–Crippen LogP) is 3.95. The summed E-state index contributed by atoms with van der Waals surface area (Å²) >= 11 is 0. The zero-order chi connectivity index (χ0) is 16.9. The van der Waals surface area contributed by atoms with Crippen LogP contribution in [0.1, 0.15) is 11.1 Å². The highest BCUT2D eigenvalue weighted by atomic mass is 16.5. The Morgan fingerprint density at radius 2 is 1.46 bits per heavy atom. The molecule has 0 fully saturated rings. The second kappa shape index (κ2) is 7.30. The molecule has 0 aliphatic carbocycles. The zero-order valence-electron chi connectivity index (χ0n) is 13.8. The lowest BCUT2D eigenvalue weighted by atomic mass is 9.94. The number of nitrogens with two attached hydrogens (primary N) is 2. The average molecular weight is 318 g/mol. The van der Waals surface area contributed by atoms with Crippen molar-refractivity contribution in [2.75, 3.05) is 7.11 Å². The van der Waals surface area contributed by atoms with Crippen LogP contribution in [0.25, 0.3) is 22.3 Å². The molecule has 0 amide bonds. The molecule has 3 rings (SSSR count). The molecule has 0 heterocycles. The van der Waals surface area contributed by atoms with E-state index in [4.69, 9.17) is 16.2 Å². The van der Waals surface area contributed by atoms with Crippen LogP contribution >= 0.6 is 0 Å². The van der Waals surface area contributed by atoms with Crippen molar-refractivity contribution in [3.8, 4) is 28.0 Å². The van der Waals surface area contributed by atoms with Gasteiger partial charge in [-0.3, -0.25) is 0 Å². The average Bonchev–Trinajstić information content (AvgIpc) is 2.67. The van der Waals surface area contributed by atoms with E-state index in [1.165, 1.54) is 0 Å². The van der Waals surface area contributed by atoms with Gasteiger partial charge in [-0.15, -0.1) is 0 Å². The highest BCUT2D eigenvalue weighted by Gasteiger charge is 2.09. The summed E-state index contributed by atoms with van der Waals surface area (Å²) in [7, 11) is 1.69. The van der Waals surface area contributed by atoms with Gasteiger partial charge in [0.15, 0.2) is 0 Å². The molecule has 0 spiro atoms. The van der Waals surface area contributed by atoms with Crippen LogP contribution in [0.3, 0.4) is 0 Å². The number of ether oxygens (including phenoxy) is 1. The Bertz CT molecular complexity index is 825. The first-order valence-electron chi connectivity index (χ1n) is 8.02. The van der Waals surface area contributed by atoms with Gasteiger partial charge in [-0.05, 0) is 39.9 Å².